The summed E-state index contributed by atoms with van der Waals surface area (Å²) in [5.41, 5.74) is 0. The fourth-order valence-corrected chi connectivity index (χ4v) is 7.25. The second kappa shape index (κ2) is 37.2. The van der Waals surface area contributed by atoms with E-state index in [-0.39, 0.29) is 19.4 Å². The van der Waals surface area contributed by atoms with Crippen LogP contribution in [-0.4, -0.2) is 142 Å². The maximum absolute atomic E-state index is 12.9. The lowest BCUT2D eigenvalue weighted by molar-refractivity contribution is -0.332. The molecule has 2 rings (SSSR count). The Hall–Kier alpha value is -2.80. The summed E-state index contributed by atoms with van der Waals surface area (Å²) in [4.78, 5) is 25.7. The van der Waals surface area contributed by atoms with Gasteiger partial charge in [-0.3, -0.25) is 9.59 Å². The lowest BCUT2D eigenvalue weighted by Gasteiger charge is -2.42. The van der Waals surface area contributed by atoms with Gasteiger partial charge in [0.2, 0.25) is 0 Å². The van der Waals surface area contributed by atoms with Crippen molar-refractivity contribution in [3.63, 3.8) is 0 Å². The maximum Gasteiger partial charge on any atom is 0.306 e. The third kappa shape index (κ3) is 25.8. The first-order chi connectivity index (χ1) is 31.5. The van der Waals surface area contributed by atoms with Gasteiger partial charge in [-0.2, -0.15) is 0 Å². The van der Waals surface area contributed by atoms with Crippen LogP contribution >= 0.6 is 0 Å². The number of allylic oxidation sites excluding steroid dienone is 10. The first kappa shape index (κ1) is 58.3. The Balaban J connectivity index is 1.85. The van der Waals surface area contributed by atoms with Crippen LogP contribution in [0.2, 0.25) is 0 Å². The zero-order valence-corrected chi connectivity index (χ0v) is 39.2. The van der Waals surface area contributed by atoms with Gasteiger partial charge in [-0.1, -0.05) is 145 Å². The Morgan fingerprint density at radius 3 is 1.51 bits per heavy atom. The van der Waals surface area contributed by atoms with Gasteiger partial charge in [0.25, 0.3) is 0 Å². The largest absolute Gasteiger partial charge is 0.462 e. The number of hydrogen-bond donors (Lipinski definition) is 7. The Labute approximate surface area is 388 Å². The highest BCUT2D eigenvalue weighted by Gasteiger charge is 2.47. The topological polar surface area (TPSA) is 231 Å². The van der Waals surface area contributed by atoms with Crippen molar-refractivity contribution in [3.05, 3.63) is 60.8 Å². The molecule has 2 saturated heterocycles. The van der Waals surface area contributed by atoms with Gasteiger partial charge in [0, 0.05) is 12.8 Å². The maximum atomic E-state index is 12.9. The Morgan fingerprint density at radius 2 is 0.969 bits per heavy atom. The summed E-state index contributed by atoms with van der Waals surface area (Å²) in [6.07, 6.45) is 24.1. The van der Waals surface area contributed by atoms with E-state index in [0.29, 0.717) is 19.3 Å². The number of rotatable bonds is 36. The molecule has 0 aromatic rings. The number of hydrogen-bond acceptors (Lipinski definition) is 15. The van der Waals surface area contributed by atoms with Crippen LogP contribution in [0, 0.1) is 0 Å². The first-order valence-electron chi connectivity index (χ1n) is 24.4. The molecule has 0 radical (unpaired) electrons. The molecular formula is C50H84O15. The zero-order valence-electron chi connectivity index (χ0n) is 39.2. The van der Waals surface area contributed by atoms with Crippen LogP contribution in [0.3, 0.4) is 0 Å². The van der Waals surface area contributed by atoms with Crippen molar-refractivity contribution in [1.29, 1.82) is 0 Å². The average Bonchev–Trinajstić information content (AvgIpc) is 3.30. The molecule has 2 aliphatic heterocycles. The van der Waals surface area contributed by atoms with Crippen molar-refractivity contribution in [2.24, 2.45) is 0 Å². The van der Waals surface area contributed by atoms with Crippen molar-refractivity contribution in [3.8, 4) is 0 Å². The molecule has 2 aliphatic rings. The SMILES string of the molecule is CC/C=C/C/C=C/C/C=C/C/C=C/C/C=C/CCCC(=O)OC[C@@H](CO[C@@H]1O[C@H](CO[C@@H]2O[C@H](CO)[C@H](O)C(O)C2O)[C@H](O)C(O)C1O)OC(=O)CCCCCCCCCCCCCC. The van der Waals surface area contributed by atoms with E-state index in [4.69, 9.17) is 28.4 Å². The Morgan fingerprint density at radius 1 is 0.508 bits per heavy atom. The molecule has 0 spiro atoms. The fourth-order valence-electron chi connectivity index (χ4n) is 7.25. The van der Waals surface area contributed by atoms with Crippen molar-refractivity contribution in [1.82, 2.24) is 0 Å². The number of unbranched alkanes of at least 4 members (excludes halogenated alkanes) is 12. The normalized spacial score (nSPS) is 26.9. The van der Waals surface area contributed by atoms with Gasteiger partial charge >= 0.3 is 11.9 Å². The summed E-state index contributed by atoms with van der Waals surface area (Å²) in [5, 5.41) is 71.9. The minimum Gasteiger partial charge on any atom is -0.462 e. The van der Waals surface area contributed by atoms with Crippen molar-refractivity contribution in [2.45, 2.75) is 216 Å². The van der Waals surface area contributed by atoms with E-state index in [0.717, 1.165) is 51.4 Å². The molecule has 0 aromatic heterocycles. The number of aliphatic hydroxyl groups is 7. The summed E-state index contributed by atoms with van der Waals surface area (Å²) >= 11 is 0. The molecule has 0 saturated carbocycles. The lowest BCUT2D eigenvalue weighted by Crippen LogP contribution is -2.61. The van der Waals surface area contributed by atoms with Gasteiger partial charge < -0.3 is 64.2 Å². The number of esters is 2. The predicted molar refractivity (Wildman–Crippen MR) is 247 cm³/mol. The summed E-state index contributed by atoms with van der Waals surface area (Å²) in [7, 11) is 0. The van der Waals surface area contributed by atoms with Gasteiger partial charge in [0.1, 0.15) is 55.4 Å². The highest BCUT2D eigenvalue weighted by molar-refractivity contribution is 5.70. The molecule has 0 bridgehead atoms. The van der Waals surface area contributed by atoms with Gasteiger partial charge in [-0.05, 0) is 51.4 Å². The molecule has 11 atom stereocenters. The highest BCUT2D eigenvalue weighted by Crippen LogP contribution is 2.26. The third-order valence-corrected chi connectivity index (χ3v) is 11.3. The van der Waals surface area contributed by atoms with Crippen LogP contribution in [0.15, 0.2) is 60.8 Å². The highest BCUT2D eigenvalue weighted by atomic mass is 16.7. The molecule has 4 unspecified atom stereocenters. The number of aliphatic hydroxyl groups excluding tert-OH is 7. The van der Waals surface area contributed by atoms with Crippen molar-refractivity contribution < 1.29 is 73.8 Å². The van der Waals surface area contributed by atoms with Gasteiger partial charge in [-0.15, -0.1) is 0 Å². The third-order valence-electron chi connectivity index (χ3n) is 11.3. The monoisotopic (exact) mass is 925 g/mol. The number of carbonyl (C=O) groups is 2. The minimum atomic E-state index is -1.77. The molecule has 0 aromatic carbocycles. The molecule has 65 heavy (non-hydrogen) atoms. The summed E-state index contributed by atoms with van der Waals surface area (Å²) in [5.74, 6) is -0.997. The Kier molecular flexibility index (Phi) is 33.4. The van der Waals surface area contributed by atoms with Gasteiger partial charge in [0.05, 0.1) is 19.8 Å². The number of carbonyl (C=O) groups excluding carboxylic acids is 2. The zero-order chi connectivity index (χ0) is 47.5. The summed E-state index contributed by atoms with van der Waals surface area (Å²) in [6, 6.07) is 0. The van der Waals surface area contributed by atoms with Crippen LogP contribution in [0.25, 0.3) is 0 Å². The molecule has 15 nitrogen and oxygen atoms in total. The minimum absolute atomic E-state index is 0.138. The van der Waals surface area contributed by atoms with Crippen LogP contribution in [-0.2, 0) is 38.0 Å². The van der Waals surface area contributed by atoms with Crippen LogP contribution in [0.5, 0.6) is 0 Å². The average molecular weight is 925 g/mol. The standard InChI is InChI=1S/C50H84O15/c1-3-5-7-9-11-13-15-17-18-19-20-21-23-24-26-28-30-32-41(52)60-35-38(63-42(53)33-31-29-27-25-22-16-14-12-10-8-6-4-2)36-61-49-48(59)46(57)44(55)40(65-49)37-62-50-47(58)45(56)43(54)39(34-51)64-50/h5,7,11,13,17-18,20-21,24,26,38-40,43-51,54-59H,3-4,6,8-10,12,14-16,19,22-23,25,27-37H2,1-2H3/b7-5+,13-11+,18-17+,21-20+,26-24+/t38-,39+,40+,43-,44-,45?,46?,47?,48?,49+,50+/m0/s1. The van der Waals surface area contributed by atoms with Crippen LogP contribution in [0.4, 0.5) is 0 Å². The molecule has 2 heterocycles. The predicted octanol–water partition coefficient (Wildman–Crippen LogP) is 6.10. The van der Waals surface area contributed by atoms with E-state index in [1.807, 2.05) is 12.2 Å². The quantitative estimate of drug-likeness (QED) is 0.0214. The van der Waals surface area contributed by atoms with E-state index in [2.05, 4.69) is 62.5 Å². The molecule has 0 aliphatic carbocycles. The smallest absolute Gasteiger partial charge is 0.306 e. The molecule has 2 fully saturated rings. The number of ether oxygens (including phenoxy) is 6. The molecular weight excluding hydrogens is 841 g/mol. The van der Waals surface area contributed by atoms with E-state index in [1.165, 1.54) is 51.4 Å². The van der Waals surface area contributed by atoms with E-state index in [1.54, 1.807) is 0 Å². The van der Waals surface area contributed by atoms with E-state index in [9.17, 15) is 45.3 Å². The fraction of sp³-hybridized carbons (Fsp3) is 0.760. The van der Waals surface area contributed by atoms with Gasteiger partial charge in [0.15, 0.2) is 18.7 Å². The van der Waals surface area contributed by atoms with Crippen LogP contribution in [0.1, 0.15) is 149 Å². The van der Waals surface area contributed by atoms with Crippen LogP contribution < -0.4 is 0 Å². The molecule has 0 amide bonds. The van der Waals surface area contributed by atoms with Crippen molar-refractivity contribution >= 4 is 11.9 Å². The summed E-state index contributed by atoms with van der Waals surface area (Å²) in [6.45, 7) is 2.39. The molecule has 15 heteroatoms. The Bertz CT molecular complexity index is 1370. The molecule has 374 valence electrons. The van der Waals surface area contributed by atoms with E-state index >= 15 is 0 Å². The van der Waals surface area contributed by atoms with Gasteiger partial charge in [-0.25, -0.2) is 0 Å². The summed E-state index contributed by atoms with van der Waals surface area (Å²) < 4.78 is 33.4. The second-order valence-electron chi connectivity index (χ2n) is 16.9. The van der Waals surface area contributed by atoms with Crippen molar-refractivity contribution in [2.75, 3.05) is 26.4 Å². The molecule has 7 N–H and O–H groups in total. The lowest BCUT2D eigenvalue weighted by atomic mass is 9.98. The van der Waals surface area contributed by atoms with E-state index < -0.39 is 99.3 Å². The first-order valence-corrected chi connectivity index (χ1v) is 24.4. The second-order valence-corrected chi connectivity index (χ2v) is 16.9.